The number of nitro benzene ring substituents is 1. The zero-order valence-corrected chi connectivity index (χ0v) is 17.2. The molecule has 156 valence electrons. The van der Waals surface area contributed by atoms with Crippen molar-refractivity contribution in [2.24, 2.45) is 0 Å². The first-order valence-electron chi connectivity index (χ1n) is 9.29. The van der Waals surface area contributed by atoms with Crippen LogP contribution in [-0.4, -0.2) is 34.3 Å². The van der Waals surface area contributed by atoms with Gasteiger partial charge in [0.25, 0.3) is 5.69 Å². The van der Waals surface area contributed by atoms with Crippen LogP contribution < -0.4 is 15.4 Å². The van der Waals surface area contributed by atoms with Crippen LogP contribution in [0, 0.1) is 30.9 Å². The van der Waals surface area contributed by atoms with Gasteiger partial charge in [-0.25, -0.2) is 4.68 Å². The van der Waals surface area contributed by atoms with Crippen molar-refractivity contribution in [3.8, 4) is 11.4 Å². The van der Waals surface area contributed by atoms with Gasteiger partial charge >= 0.3 is 0 Å². The van der Waals surface area contributed by atoms with Gasteiger partial charge in [0.15, 0.2) is 0 Å². The van der Waals surface area contributed by atoms with Crippen molar-refractivity contribution in [3.05, 3.63) is 69.5 Å². The SMILES string of the molecule is COc1ccc([N+](=O)[O-])cc1NCC(=O)Nc1c(C)nn(-c2ccc(C)cc2)c1C. The minimum atomic E-state index is -0.503. The summed E-state index contributed by atoms with van der Waals surface area (Å²) in [5.74, 6) is 0.103. The van der Waals surface area contributed by atoms with Gasteiger partial charge in [0.1, 0.15) is 5.75 Å². The number of aryl methyl sites for hydroxylation is 2. The molecule has 0 aliphatic carbocycles. The molecule has 0 unspecified atom stereocenters. The smallest absolute Gasteiger partial charge is 0.271 e. The second-order valence-corrected chi connectivity index (χ2v) is 6.84. The van der Waals surface area contributed by atoms with E-state index in [1.165, 1.54) is 25.3 Å². The molecule has 1 aromatic heterocycles. The zero-order chi connectivity index (χ0) is 21.8. The highest BCUT2D eigenvalue weighted by atomic mass is 16.6. The summed E-state index contributed by atoms with van der Waals surface area (Å²) in [7, 11) is 1.46. The van der Waals surface area contributed by atoms with Crippen molar-refractivity contribution in [2.45, 2.75) is 20.8 Å². The molecule has 0 aliphatic heterocycles. The molecule has 9 nitrogen and oxygen atoms in total. The van der Waals surface area contributed by atoms with Crippen molar-refractivity contribution in [3.63, 3.8) is 0 Å². The van der Waals surface area contributed by atoms with Gasteiger partial charge < -0.3 is 15.4 Å². The normalized spacial score (nSPS) is 10.5. The number of amides is 1. The van der Waals surface area contributed by atoms with Crippen molar-refractivity contribution < 1.29 is 14.5 Å². The van der Waals surface area contributed by atoms with Gasteiger partial charge in [0.2, 0.25) is 5.91 Å². The molecule has 0 atom stereocenters. The number of benzene rings is 2. The first kappa shape index (κ1) is 20.8. The number of rotatable bonds is 7. The van der Waals surface area contributed by atoms with Crippen LogP contribution in [0.5, 0.6) is 5.75 Å². The maximum absolute atomic E-state index is 12.5. The van der Waals surface area contributed by atoms with Gasteiger partial charge in [-0.3, -0.25) is 14.9 Å². The number of anilines is 2. The van der Waals surface area contributed by atoms with Crippen molar-refractivity contribution in [1.82, 2.24) is 9.78 Å². The van der Waals surface area contributed by atoms with Crippen molar-refractivity contribution in [1.29, 1.82) is 0 Å². The van der Waals surface area contributed by atoms with Crippen LogP contribution in [-0.2, 0) is 4.79 Å². The van der Waals surface area contributed by atoms with E-state index in [1.807, 2.05) is 45.0 Å². The number of methoxy groups -OCH3 is 1. The number of ether oxygens (including phenoxy) is 1. The van der Waals surface area contributed by atoms with Crippen LogP contribution in [0.2, 0.25) is 0 Å². The average Bonchev–Trinajstić information content (AvgIpc) is 3.00. The Kier molecular flexibility index (Phi) is 6.01. The fourth-order valence-electron chi connectivity index (χ4n) is 3.07. The highest BCUT2D eigenvalue weighted by Crippen LogP contribution is 2.29. The van der Waals surface area contributed by atoms with E-state index in [0.29, 0.717) is 22.8 Å². The number of aromatic nitrogens is 2. The van der Waals surface area contributed by atoms with Crippen molar-refractivity contribution in [2.75, 3.05) is 24.3 Å². The zero-order valence-electron chi connectivity index (χ0n) is 17.2. The van der Waals surface area contributed by atoms with Crippen LogP contribution in [0.25, 0.3) is 5.69 Å². The van der Waals surface area contributed by atoms with Gasteiger partial charge in [-0.15, -0.1) is 0 Å². The monoisotopic (exact) mass is 409 g/mol. The third-order valence-corrected chi connectivity index (χ3v) is 4.67. The maximum Gasteiger partial charge on any atom is 0.271 e. The third-order valence-electron chi connectivity index (χ3n) is 4.67. The van der Waals surface area contributed by atoms with Crippen LogP contribution in [0.1, 0.15) is 17.0 Å². The quantitative estimate of drug-likeness (QED) is 0.454. The molecule has 0 bridgehead atoms. The van der Waals surface area contributed by atoms with Gasteiger partial charge in [-0.2, -0.15) is 5.10 Å². The van der Waals surface area contributed by atoms with Crippen LogP contribution in [0.3, 0.4) is 0 Å². The van der Waals surface area contributed by atoms with E-state index < -0.39 is 4.92 Å². The lowest BCUT2D eigenvalue weighted by molar-refractivity contribution is -0.384. The molecular formula is C21H23N5O4. The van der Waals surface area contributed by atoms with E-state index in [1.54, 1.807) is 4.68 Å². The Morgan fingerprint density at radius 1 is 1.17 bits per heavy atom. The van der Waals surface area contributed by atoms with Gasteiger partial charge in [-0.1, -0.05) is 17.7 Å². The van der Waals surface area contributed by atoms with E-state index in [2.05, 4.69) is 15.7 Å². The van der Waals surface area contributed by atoms with Gasteiger partial charge in [0.05, 0.1) is 47.0 Å². The summed E-state index contributed by atoms with van der Waals surface area (Å²) in [6.45, 7) is 5.63. The summed E-state index contributed by atoms with van der Waals surface area (Å²) in [5, 5.41) is 21.3. The molecule has 0 fully saturated rings. The Labute approximate surface area is 173 Å². The molecule has 3 rings (SSSR count). The second kappa shape index (κ2) is 8.64. The molecule has 0 spiro atoms. The molecule has 3 aromatic rings. The molecule has 1 heterocycles. The number of hydrogen-bond donors (Lipinski definition) is 2. The van der Waals surface area contributed by atoms with E-state index in [-0.39, 0.29) is 18.1 Å². The third kappa shape index (κ3) is 4.40. The molecule has 0 radical (unpaired) electrons. The fourth-order valence-corrected chi connectivity index (χ4v) is 3.07. The Balaban J connectivity index is 1.74. The fraction of sp³-hybridized carbons (Fsp3) is 0.238. The molecule has 1 amide bonds. The van der Waals surface area contributed by atoms with E-state index >= 15 is 0 Å². The highest BCUT2D eigenvalue weighted by Gasteiger charge is 2.16. The lowest BCUT2D eigenvalue weighted by atomic mass is 10.2. The summed E-state index contributed by atoms with van der Waals surface area (Å²) in [5.41, 5.74) is 4.45. The van der Waals surface area contributed by atoms with Gasteiger partial charge in [-0.05, 0) is 39.0 Å². The second-order valence-electron chi connectivity index (χ2n) is 6.84. The Morgan fingerprint density at radius 3 is 2.50 bits per heavy atom. The first-order chi connectivity index (χ1) is 14.3. The summed E-state index contributed by atoms with van der Waals surface area (Å²) < 4.78 is 6.98. The lowest BCUT2D eigenvalue weighted by Gasteiger charge is -2.11. The summed E-state index contributed by atoms with van der Waals surface area (Å²) in [6.07, 6.45) is 0. The molecule has 2 aromatic carbocycles. The molecule has 0 saturated heterocycles. The summed E-state index contributed by atoms with van der Waals surface area (Å²) in [6, 6.07) is 12.1. The number of non-ortho nitro benzene ring substituents is 1. The number of carbonyl (C=O) groups is 1. The Morgan fingerprint density at radius 2 is 1.87 bits per heavy atom. The number of nitrogens with zero attached hydrogens (tertiary/aromatic N) is 3. The molecular weight excluding hydrogens is 386 g/mol. The molecule has 0 aliphatic rings. The lowest BCUT2D eigenvalue weighted by Crippen LogP contribution is -2.22. The predicted molar refractivity (Wildman–Crippen MR) is 115 cm³/mol. The number of nitrogens with one attached hydrogen (secondary N) is 2. The van der Waals surface area contributed by atoms with E-state index in [9.17, 15) is 14.9 Å². The Bertz CT molecular complexity index is 1090. The molecule has 2 N–H and O–H groups in total. The topological polar surface area (TPSA) is 111 Å². The minimum Gasteiger partial charge on any atom is -0.495 e. The predicted octanol–water partition coefficient (Wildman–Crippen LogP) is 3.76. The maximum atomic E-state index is 12.5. The van der Waals surface area contributed by atoms with Crippen LogP contribution >= 0.6 is 0 Å². The standard InChI is InChI=1S/C21H23N5O4/c1-13-5-7-16(8-6-13)25-15(3)21(14(2)24-25)23-20(27)12-22-18-11-17(26(28)29)9-10-19(18)30-4/h5-11,22H,12H2,1-4H3,(H,23,27). The molecule has 0 saturated carbocycles. The first-order valence-corrected chi connectivity index (χ1v) is 9.29. The van der Waals surface area contributed by atoms with E-state index in [0.717, 1.165) is 16.9 Å². The number of nitro groups is 1. The number of hydrogen-bond acceptors (Lipinski definition) is 6. The number of carbonyl (C=O) groups excluding carboxylic acids is 1. The summed E-state index contributed by atoms with van der Waals surface area (Å²) in [4.78, 5) is 23.0. The minimum absolute atomic E-state index is 0.0912. The average molecular weight is 409 g/mol. The van der Waals surface area contributed by atoms with E-state index in [4.69, 9.17) is 4.74 Å². The largest absolute Gasteiger partial charge is 0.495 e. The summed E-state index contributed by atoms with van der Waals surface area (Å²) >= 11 is 0. The van der Waals surface area contributed by atoms with Crippen LogP contribution in [0.4, 0.5) is 17.1 Å². The molecule has 30 heavy (non-hydrogen) atoms. The van der Waals surface area contributed by atoms with Crippen molar-refractivity contribution >= 4 is 23.0 Å². The Hall–Kier alpha value is -3.88. The highest BCUT2D eigenvalue weighted by molar-refractivity contribution is 5.95. The molecule has 9 heteroatoms. The van der Waals surface area contributed by atoms with Gasteiger partial charge in [0, 0.05) is 12.1 Å². The van der Waals surface area contributed by atoms with Crippen LogP contribution in [0.15, 0.2) is 42.5 Å².